The van der Waals surface area contributed by atoms with Crippen molar-refractivity contribution in [2.75, 3.05) is 14.2 Å². The van der Waals surface area contributed by atoms with Crippen LogP contribution in [0.25, 0.3) is 11.4 Å². The fraction of sp³-hybridized carbons (Fsp3) is 0.333. The number of aromatic nitrogens is 3. The molecule has 4 rings (SSSR count). The maximum Gasteiger partial charge on any atom is 0.199 e. The molecule has 0 spiro atoms. The van der Waals surface area contributed by atoms with Crippen LogP contribution in [0.3, 0.4) is 0 Å². The second-order valence-corrected chi connectivity index (χ2v) is 7.56. The summed E-state index contributed by atoms with van der Waals surface area (Å²) in [7, 11) is 3.68. The van der Waals surface area contributed by atoms with Gasteiger partial charge in [-0.05, 0) is 61.9 Å². The van der Waals surface area contributed by atoms with Crippen LogP contribution in [0.1, 0.15) is 24.4 Å². The molecule has 2 aromatic carbocycles. The Morgan fingerprint density at radius 3 is 2.54 bits per heavy atom. The van der Waals surface area contributed by atoms with E-state index < -0.39 is 0 Å². The molecular weight excluding hydrogens is 375 g/mol. The molecule has 0 saturated heterocycles. The van der Waals surface area contributed by atoms with E-state index in [1.54, 1.807) is 23.9 Å². The third-order valence-corrected chi connectivity index (χ3v) is 5.29. The Kier molecular flexibility index (Phi) is 5.28. The highest BCUT2D eigenvalue weighted by molar-refractivity contribution is 7.71. The van der Waals surface area contributed by atoms with Gasteiger partial charge in [0.1, 0.15) is 11.6 Å². The lowest BCUT2D eigenvalue weighted by Gasteiger charge is -2.16. The summed E-state index contributed by atoms with van der Waals surface area (Å²) >= 11 is 5.69. The van der Waals surface area contributed by atoms with Crippen molar-refractivity contribution < 1.29 is 9.13 Å². The zero-order chi connectivity index (χ0) is 19.7. The molecule has 0 atom stereocenters. The summed E-state index contributed by atoms with van der Waals surface area (Å²) in [5.74, 6) is 1.18. The maximum atomic E-state index is 14.4. The van der Waals surface area contributed by atoms with Gasteiger partial charge in [-0.1, -0.05) is 24.3 Å². The highest BCUT2D eigenvalue weighted by Gasteiger charge is 2.30. The molecule has 1 heterocycles. The van der Waals surface area contributed by atoms with E-state index in [-0.39, 0.29) is 5.82 Å². The van der Waals surface area contributed by atoms with Crippen LogP contribution >= 0.6 is 12.2 Å². The van der Waals surface area contributed by atoms with Crippen LogP contribution in [0.15, 0.2) is 48.5 Å². The molecule has 7 heteroatoms. The molecule has 0 bridgehead atoms. The average molecular weight is 399 g/mol. The van der Waals surface area contributed by atoms with Gasteiger partial charge in [0.05, 0.1) is 19.3 Å². The number of nitrogens with zero attached hydrogens (tertiary/aromatic N) is 4. The molecule has 1 aliphatic rings. The van der Waals surface area contributed by atoms with Gasteiger partial charge in [0.15, 0.2) is 10.6 Å². The summed E-state index contributed by atoms with van der Waals surface area (Å²) in [6.45, 7) is 1.28. The van der Waals surface area contributed by atoms with Crippen molar-refractivity contribution in [2.24, 2.45) is 0 Å². The largest absolute Gasteiger partial charge is 0.497 e. The third kappa shape index (κ3) is 3.86. The lowest BCUT2D eigenvalue weighted by molar-refractivity contribution is 0.243. The van der Waals surface area contributed by atoms with Crippen molar-refractivity contribution in [1.82, 2.24) is 19.2 Å². The Hall–Kier alpha value is -2.51. The van der Waals surface area contributed by atoms with E-state index in [1.165, 1.54) is 11.6 Å². The second-order valence-electron chi connectivity index (χ2n) is 7.19. The van der Waals surface area contributed by atoms with E-state index in [4.69, 9.17) is 17.0 Å². The summed E-state index contributed by atoms with van der Waals surface area (Å²) < 4.78 is 24.0. The van der Waals surface area contributed by atoms with E-state index in [1.807, 2.05) is 41.9 Å². The Morgan fingerprint density at radius 1 is 1.18 bits per heavy atom. The molecule has 0 aliphatic heterocycles. The highest BCUT2D eigenvalue weighted by atomic mass is 32.1. The Morgan fingerprint density at radius 2 is 1.89 bits per heavy atom. The lowest BCUT2D eigenvalue weighted by Crippen LogP contribution is -2.22. The van der Waals surface area contributed by atoms with Crippen molar-refractivity contribution in [1.29, 1.82) is 0 Å². The van der Waals surface area contributed by atoms with E-state index in [0.29, 0.717) is 28.9 Å². The molecule has 0 amide bonds. The first-order valence-corrected chi connectivity index (χ1v) is 9.73. The monoisotopic (exact) mass is 398 g/mol. The number of methoxy groups -OCH3 is 1. The molecular formula is C21H23FN4OS. The van der Waals surface area contributed by atoms with Crippen LogP contribution in [-0.4, -0.2) is 33.4 Å². The summed E-state index contributed by atoms with van der Waals surface area (Å²) in [6, 6.07) is 15.1. The predicted molar refractivity (Wildman–Crippen MR) is 109 cm³/mol. The molecule has 1 fully saturated rings. The maximum absolute atomic E-state index is 14.4. The SMILES string of the molecule is COc1ccc(CN(C)Cn2nc(-c3ccccc3F)n(C3CC3)c2=S)cc1. The first-order chi connectivity index (χ1) is 13.6. The molecule has 0 radical (unpaired) electrons. The van der Waals surface area contributed by atoms with Gasteiger partial charge >= 0.3 is 0 Å². The number of benzene rings is 2. The topological polar surface area (TPSA) is 35.2 Å². The predicted octanol–water partition coefficient (Wildman–Crippen LogP) is 4.65. The van der Waals surface area contributed by atoms with Gasteiger partial charge in [0, 0.05) is 12.6 Å². The van der Waals surface area contributed by atoms with Gasteiger partial charge in [0.2, 0.25) is 0 Å². The van der Waals surface area contributed by atoms with Crippen LogP contribution in [0.5, 0.6) is 5.75 Å². The van der Waals surface area contributed by atoms with Crippen molar-refractivity contribution >= 4 is 12.2 Å². The number of rotatable bonds is 7. The Labute approximate surface area is 169 Å². The molecule has 146 valence electrons. The summed E-state index contributed by atoms with van der Waals surface area (Å²) in [5.41, 5.74) is 1.67. The summed E-state index contributed by atoms with van der Waals surface area (Å²) in [6.07, 6.45) is 2.12. The molecule has 1 aliphatic carbocycles. The van der Waals surface area contributed by atoms with E-state index >= 15 is 0 Å². The van der Waals surface area contributed by atoms with E-state index in [0.717, 1.165) is 25.1 Å². The Balaban J connectivity index is 1.58. The second kappa shape index (κ2) is 7.85. The normalized spacial score (nSPS) is 13.9. The summed E-state index contributed by atoms with van der Waals surface area (Å²) in [5, 5.41) is 4.68. The molecule has 28 heavy (non-hydrogen) atoms. The van der Waals surface area contributed by atoms with Crippen molar-refractivity contribution in [2.45, 2.75) is 32.1 Å². The fourth-order valence-electron chi connectivity index (χ4n) is 3.32. The number of halogens is 1. The average Bonchev–Trinajstić information content (AvgIpc) is 3.48. The minimum absolute atomic E-state index is 0.275. The Bertz CT molecular complexity index is 1020. The standard InChI is InChI=1S/C21H23FN4OS/c1-24(13-15-7-11-17(27-2)12-8-15)14-25-21(28)26(16-9-10-16)20(23-25)18-5-3-4-6-19(18)22/h3-8,11-12,16H,9-10,13-14H2,1-2H3. The van der Waals surface area contributed by atoms with Crippen LogP contribution in [-0.2, 0) is 13.2 Å². The third-order valence-electron chi connectivity index (χ3n) is 4.88. The lowest BCUT2D eigenvalue weighted by atomic mass is 10.2. The van der Waals surface area contributed by atoms with Gasteiger partial charge in [-0.15, -0.1) is 0 Å². The quantitative estimate of drug-likeness (QED) is 0.543. The van der Waals surface area contributed by atoms with Gasteiger partial charge in [-0.2, -0.15) is 5.10 Å². The van der Waals surface area contributed by atoms with Gasteiger partial charge in [0.25, 0.3) is 0 Å². The van der Waals surface area contributed by atoms with Crippen molar-refractivity contribution in [3.05, 3.63) is 64.7 Å². The smallest absolute Gasteiger partial charge is 0.199 e. The van der Waals surface area contributed by atoms with Crippen LogP contribution < -0.4 is 4.74 Å². The van der Waals surface area contributed by atoms with E-state index in [2.05, 4.69) is 10.00 Å². The fourth-order valence-corrected chi connectivity index (χ4v) is 3.66. The first-order valence-electron chi connectivity index (χ1n) is 9.32. The van der Waals surface area contributed by atoms with Crippen LogP contribution in [0, 0.1) is 10.6 Å². The molecule has 1 saturated carbocycles. The molecule has 1 aromatic heterocycles. The zero-order valence-corrected chi connectivity index (χ0v) is 16.8. The molecule has 0 unspecified atom stereocenters. The molecule has 0 N–H and O–H groups in total. The molecule has 5 nitrogen and oxygen atoms in total. The van der Waals surface area contributed by atoms with Gasteiger partial charge < -0.3 is 4.74 Å². The van der Waals surface area contributed by atoms with Crippen molar-refractivity contribution in [3.63, 3.8) is 0 Å². The van der Waals surface area contributed by atoms with Crippen molar-refractivity contribution in [3.8, 4) is 17.1 Å². The highest BCUT2D eigenvalue weighted by Crippen LogP contribution is 2.39. The van der Waals surface area contributed by atoms with E-state index in [9.17, 15) is 4.39 Å². The minimum Gasteiger partial charge on any atom is -0.497 e. The van der Waals surface area contributed by atoms with Gasteiger partial charge in [-0.3, -0.25) is 9.47 Å². The van der Waals surface area contributed by atoms with Crippen LogP contribution in [0.2, 0.25) is 0 Å². The van der Waals surface area contributed by atoms with Crippen LogP contribution in [0.4, 0.5) is 4.39 Å². The van der Waals surface area contributed by atoms with Gasteiger partial charge in [-0.25, -0.2) is 9.07 Å². The zero-order valence-electron chi connectivity index (χ0n) is 16.0. The molecule has 3 aromatic rings. The minimum atomic E-state index is -0.275. The number of ether oxygens (including phenoxy) is 1. The number of hydrogen-bond acceptors (Lipinski definition) is 4. The number of hydrogen-bond donors (Lipinski definition) is 0. The first kappa shape index (κ1) is 18.8. The summed E-state index contributed by atoms with van der Waals surface area (Å²) in [4.78, 5) is 2.13.